The maximum atomic E-state index is 10.2. The third kappa shape index (κ3) is 1.53. The van der Waals surface area contributed by atoms with E-state index in [1.54, 1.807) is 0 Å². The molecule has 0 atom stereocenters. The van der Waals surface area contributed by atoms with Crippen molar-refractivity contribution in [1.29, 1.82) is 0 Å². The van der Waals surface area contributed by atoms with Gasteiger partial charge in [-0.05, 0) is 0 Å². The highest BCUT2D eigenvalue weighted by Gasteiger charge is 1.70. The van der Waals surface area contributed by atoms with Crippen LogP contribution in [0.1, 0.15) is 0 Å². The second-order valence-corrected chi connectivity index (χ2v) is 1.10. The Morgan fingerprint density at radius 2 is 2.38 bits per heavy atom. The van der Waals surface area contributed by atoms with Crippen molar-refractivity contribution in [3.63, 3.8) is 0 Å². The van der Waals surface area contributed by atoms with Crippen LogP contribution in [-0.2, 0) is 0 Å². The van der Waals surface area contributed by atoms with Gasteiger partial charge in [-0.1, -0.05) is 0 Å². The van der Waals surface area contributed by atoms with Gasteiger partial charge in [-0.2, -0.15) is 0 Å². The summed E-state index contributed by atoms with van der Waals surface area (Å²) >= 11 is 0. The summed E-state index contributed by atoms with van der Waals surface area (Å²) in [5.41, 5.74) is -0.116. The van der Waals surface area contributed by atoms with E-state index >= 15 is 0 Å². The molecular formula is C4H6N2O2. The molecule has 1 aromatic heterocycles. The molecule has 0 aliphatic heterocycles. The van der Waals surface area contributed by atoms with Gasteiger partial charge in [0.05, 0.1) is 6.33 Å². The van der Waals surface area contributed by atoms with Crippen molar-refractivity contribution in [2.24, 2.45) is 0 Å². The highest BCUT2D eigenvalue weighted by Crippen LogP contribution is 1.57. The molecule has 0 amide bonds. The predicted molar refractivity (Wildman–Crippen MR) is 28.5 cm³/mol. The van der Waals surface area contributed by atoms with Gasteiger partial charge in [0, 0.05) is 12.3 Å². The van der Waals surface area contributed by atoms with E-state index in [0.717, 1.165) is 0 Å². The third-order valence-corrected chi connectivity index (χ3v) is 0.593. The van der Waals surface area contributed by atoms with Gasteiger partial charge in [0.1, 0.15) is 0 Å². The van der Waals surface area contributed by atoms with Gasteiger partial charge in [-0.25, -0.2) is 4.98 Å². The Labute approximate surface area is 45.5 Å². The number of H-pyrrole nitrogens is 1. The van der Waals surface area contributed by atoms with E-state index in [1.807, 2.05) is 0 Å². The van der Waals surface area contributed by atoms with Crippen LogP contribution in [0.5, 0.6) is 0 Å². The van der Waals surface area contributed by atoms with Gasteiger partial charge in [0.25, 0.3) is 5.56 Å². The molecule has 3 N–H and O–H groups in total. The van der Waals surface area contributed by atoms with Gasteiger partial charge in [0.15, 0.2) is 0 Å². The first-order valence-corrected chi connectivity index (χ1v) is 1.88. The monoisotopic (exact) mass is 114 g/mol. The average molecular weight is 114 g/mol. The fourth-order valence-corrected chi connectivity index (χ4v) is 0.303. The topological polar surface area (TPSA) is 77.2 Å². The lowest BCUT2D eigenvalue weighted by atomic mass is 10.7. The van der Waals surface area contributed by atoms with E-state index in [9.17, 15) is 4.79 Å². The van der Waals surface area contributed by atoms with Gasteiger partial charge < -0.3 is 10.5 Å². The smallest absolute Gasteiger partial charge is 0.250 e. The molecule has 0 bridgehead atoms. The molecule has 0 radical (unpaired) electrons. The number of aromatic amines is 1. The molecule has 0 saturated carbocycles. The van der Waals surface area contributed by atoms with E-state index in [0.29, 0.717) is 0 Å². The average Bonchev–Trinajstić information content (AvgIpc) is 1.69. The maximum Gasteiger partial charge on any atom is 0.250 e. The van der Waals surface area contributed by atoms with Crippen LogP contribution in [0.15, 0.2) is 23.4 Å². The van der Waals surface area contributed by atoms with Crippen LogP contribution in [0.25, 0.3) is 0 Å². The van der Waals surface area contributed by atoms with Crippen molar-refractivity contribution in [3.8, 4) is 0 Å². The minimum absolute atomic E-state index is 0. The minimum atomic E-state index is -0.116. The first kappa shape index (κ1) is 6.84. The van der Waals surface area contributed by atoms with Crippen molar-refractivity contribution in [1.82, 2.24) is 9.97 Å². The van der Waals surface area contributed by atoms with E-state index in [-0.39, 0.29) is 11.0 Å². The molecular weight excluding hydrogens is 108 g/mol. The lowest BCUT2D eigenvalue weighted by Crippen LogP contribution is -2.00. The molecule has 1 heterocycles. The first-order valence-electron chi connectivity index (χ1n) is 1.88. The second-order valence-electron chi connectivity index (χ2n) is 1.10. The van der Waals surface area contributed by atoms with Gasteiger partial charge in [-0.15, -0.1) is 0 Å². The third-order valence-electron chi connectivity index (χ3n) is 0.593. The summed E-state index contributed by atoms with van der Waals surface area (Å²) in [5.74, 6) is 0. The van der Waals surface area contributed by atoms with Crippen LogP contribution < -0.4 is 5.56 Å². The maximum absolute atomic E-state index is 10.2. The molecule has 0 saturated heterocycles. The standard InChI is InChI=1S/C4H4N2O.H2O/c7-4-1-2-5-3-6-4;/h1-3H,(H,5,6,7);1H2. The van der Waals surface area contributed by atoms with E-state index in [4.69, 9.17) is 0 Å². The lowest BCUT2D eigenvalue weighted by Gasteiger charge is -1.73. The summed E-state index contributed by atoms with van der Waals surface area (Å²) < 4.78 is 0. The van der Waals surface area contributed by atoms with E-state index in [2.05, 4.69) is 9.97 Å². The van der Waals surface area contributed by atoms with Gasteiger partial charge in [-0.3, -0.25) is 4.79 Å². The molecule has 0 fully saturated rings. The van der Waals surface area contributed by atoms with Gasteiger partial charge in [0.2, 0.25) is 0 Å². The lowest BCUT2D eigenvalue weighted by molar-refractivity contribution is 0.824. The number of hydrogen-bond donors (Lipinski definition) is 1. The Morgan fingerprint density at radius 3 is 2.62 bits per heavy atom. The van der Waals surface area contributed by atoms with Crippen LogP contribution >= 0.6 is 0 Å². The summed E-state index contributed by atoms with van der Waals surface area (Å²) in [4.78, 5) is 16.1. The minimum Gasteiger partial charge on any atom is -0.412 e. The van der Waals surface area contributed by atoms with Crippen molar-refractivity contribution < 1.29 is 5.48 Å². The molecule has 0 aromatic carbocycles. The van der Waals surface area contributed by atoms with Crippen LogP contribution in [0.2, 0.25) is 0 Å². The largest absolute Gasteiger partial charge is 0.412 e. The second kappa shape index (κ2) is 2.92. The van der Waals surface area contributed by atoms with Crippen molar-refractivity contribution in [2.45, 2.75) is 0 Å². The Balaban J connectivity index is 0.000000490. The molecule has 1 rings (SSSR count). The van der Waals surface area contributed by atoms with Crippen LogP contribution in [0.3, 0.4) is 0 Å². The van der Waals surface area contributed by atoms with Crippen molar-refractivity contribution in [3.05, 3.63) is 28.9 Å². The number of hydrogen-bond acceptors (Lipinski definition) is 2. The zero-order chi connectivity index (χ0) is 5.11. The quantitative estimate of drug-likeness (QED) is 0.467. The number of nitrogens with zero attached hydrogens (tertiary/aromatic N) is 1. The molecule has 4 heteroatoms. The van der Waals surface area contributed by atoms with Crippen molar-refractivity contribution in [2.75, 3.05) is 0 Å². The van der Waals surface area contributed by atoms with E-state index in [1.165, 1.54) is 18.6 Å². The molecule has 0 aliphatic carbocycles. The number of rotatable bonds is 0. The predicted octanol–water partition coefficient (Wildman–Crippen LogP) is -1.05. The highest BCUT2D eigenvalue weighted by atomic mass is 16.1. The molecule has 0 spiro atoms. The fraction of sp³-hybridized carbons (Fsp3) is 0. The van der Waals surface area contributed by atoms with Crippen molar-refractivity contribution >= 4 is 0 Å². The van der Waals surface area contributed by atoms with Crippen LogP contribution in [0, 0.1) is 0 Å². The molecule has 4 nitrogen and oxygen atoms in total. The fourth-order valence-electron chi connectivity index (χ4n) is 0.303. The molecule has 0 unspecified atom stereocenters. The van der Waals surface area contributed by atoms with Crippen LogP contribution in [0.4, 0.5) is 0 Å². The number of aromatic nitrogens is 2. The Kier molecular flexibility index (Phi) is 2.50. The molecule has 0 aliphatic rings. The SMILES string of the molecule is O.O=c1ccnc[nH]1. The normalized spacial score (nSPS) is 7.50. The molecule has 8 heavy (non-hydrogen) atoms. The summed E-state index contributed by atoms with van der Waals surface area (Å²) in [7, 11) is 0. The zero-order valence-electron chi connectivity index (χ0n) is 4.09. The summed E-state index contributed by atoms with van der Waals surface area (Å²) in [6.07, 6.45) is 2.79. The molecule has 1 aromatic rings. The first-order chi connectivity index (χ1) is 3.39. The van der Waals surface area contributed by atoms with E-state index < -0.39 is 0 Å². The summed E-state index contributed by atoms with van der Waals surface area (Å²) in [6.45, 7) is 0. The molecule has 44 valence electrons. The summed E-state index contributed by atoms with van der Waals surface area (Å²) in [6, 6.07) is 1.36. The van der Waals surface area contributed by atoms with Gasteiger partial charge >= 0.3 is 0 Å². The Morgan fingerprint density at radius 1 is 1.62 bits per heavy atom. The van der Waals surface area contributed by atoms with Crippen LogP contribution in [-0.4, -0.2) is 15.4 Å². The zero-order valence-corrected chi connectivity index (χ0v) is 4.09. The Hall–Kier alpha value is -1.16. The summed E-state index contributed by atoms with van der Waals surface area (Å²) in [5, 5.41) is 0. The highest BCUT2D eigenvalue weighted by molar-refractivity contribution is 4.76. The Bertz CT molecular complexity index is 178. The number of nitrogens with one attached hydrogen (secondary N) is 1.